The molecule has 1 fully saturated rings. The van der Waals surface area contributed by atoms with Crippen LogP contribution in [-0.4, -0.2) is 77.6 Å². The van der Waals surface area contributed by atoms with Crippen LogP contribution in [0.15, 0.2) is 60.8 Å². The number of anilines is 1. The Morgan fingerprint density at radius 2 is 1.65 bits per heavy atom. The number of carbonyl (C=O) groups is 3. The largest absolute Gasteiger partial charge is 0.490 e. The van der Waals surface area contributed by atoms with Crippen molar-refractivity contribution in [1.29, 1.82) is 0 Å². The van der Waals surface area contributed by atoms with E-state index in [0.717, 1.165) is 43.7 Å². The molecule has 0 spiro atoms. The van der Waals surface area contributed by atoms with E-state index in [2.05, 4.69) is 10.3 Å². The summed E-state index contributed by atoms with van der Waals surface area (Å²) in [5.74, 6) is -6.30. The number of aryl methyl sites for hydroxylation is 2. The summed E-state index contributed by atoms with van der Waals surface area (Å²) in [5, 5.41) is 19.5. The van der Waals surface area contributed by atoms with Gasteiger partial charge in [-0.15, -0.1) is 0 Å². The number of halogens is 9. The molecule has 1 saturated heterocycles. The molecule has 0 radical (unpaired) electrons. The minimum Gasteiger partial charge on any atom is -0.475 e. The van der Waals surface area contributed by atoms with Crippen LogP contribution in [0.2, 0.25) is 5.02 Å². The number of rotatable bonds is 8. The summed E-state index contributed by atoms with van der Waals surface area (Å²) in [5.41, 5.74) is -2.82. The number of amides is 1. The van der Waals surface area contributed by atoms with Crippen LogP contribution in [0.3, 0.4) is 0 Å². The van der Waals surface area contributed by atoms with Crippen molar-refractivity contribution in [3.8, 4) is 11.1 Å². The van der Waals surface area contributed by atoms with Crippen molar-refractivity contribution in [3.05, 3.63) is 100 Å². The number of nitrogens with zero attached hydrogens (tertiary/aromatic N) is 4. The van der Waals surface area contributed by atoms with Gasteiger partial charge in [-0.05, 0) is 76.6 Å². The van der Waals surface area contributed by atoms with Crippen molar-refractivity contribution >= 4 is 51.5 Å². The fourth-order valence-corrected chi connectivity index (χ4v) is 7.04. The van der Waals surface area contributed by atoms with E-state index in [1.54, 1.807) is 33.9 Å². The second-order valence-electron chi connectivity index (χ2n) is 13.7. The van der Waals surface area contributed by atoms with Crippen LogP contribution in [-0.2, 0) is 22.8 Å². The maximum Gasteiger partial charge on any atom is 0.490 e. The number of likely N-dealkylation sites (tertiary alicyclic amines) is 1. The SMILES string of the molecule is Cc1nc2c(Cl)c(-c3cccn4c(C(=O)c5cc(F)c(NC(=O)/C=C/CN6CCCC6C(C)(C)O)c(F)c5)ccc34)c(C(F)(F)F)cc2n1C.O=C(O)C(F)(F)F. The van der Waals surface area contributed by atoms with E-state index in [0.29, 0.717) is 12.4 Å². The first-order chi connectivity index (χ1) is 26.4. The minimum absolute atomic E-state index is 0.0675. The van der Waals surface area contributed by atoms with Crippen LogP contribution in [0.5, 0.6) is 0 Å². The molecule has 1 aliphatic rings. The second-order valence-corrected chi connectivity index (χ2v) is 14.1. The van der Waals surface area contributed by atoms with Gasteiger partial charge in [0.2, 0.25) is 11.7 Å². The lowest BCUT2D eigenvalue weighted by Crippen LogP contribution is -2.45. The number of nitrogens with one attached hydrogen (secondary N) is 1. The number of imidazole rings is 1. The number of pyridine rings is 1. The number of benzene rings is 2. The first kappa shape index (κ1) is 42.8. The van der Waals surface area contributed by atoms with Gasteiger partial charge in [0, 0.05) is 48.6 Å². The molecule has 19 heteroatoms. The third-order valence-corrected chi connectivity index (χ3v) is 9.79. The maximum absolute atomic E-state index is 15.2. The average molecular weight is 828 g/mol. The highest BCUT2D eigenvalue weighted by atomic mass is 35.5. The van der Waals surface area contributed by atoms with Gasteiger partial charge in [0.15, 0.2) is 0 Å². The highest BCUT2D eigenvalue weighted by Gasteiger charge is 2.39. The zero-order chi connectivity index (χ0) is 42.4. The number of aromatic nitrogens is 3. The molecule has 1 aliphatic heterocycles. The van der Waals surface area contributed by atoms with E-state index in [9.17, 15) is 41.0 Å². The number of carboxylic acids is 1. The van der Waals surface area contributed by atoms with E-state index in [1.807, 2.05) is 4.90 Å². The Bertz CT molecular complexity index is 2390. The molecule has 2 aromatic carbocycles. The molecule has 57 heavy (non-hydrogen) atoms. The van der Waals surface area contributed by atoms with Crippen molar-refractivity contribution < 1.29 is 59.7 Å². The van der Waals surface area contributed by atoms with Crippen LogP contribution in [0, 0.1) is 18.6 Å². The topological polar surface area (TPSA) is 129 Å². The van der Waals surface area contributed by atoms with Gasteiger partial charge in [0.1, 0.15) is 28.7 Å². The van der Waals surface area contributed by atoms with Gasteiger partial charge >= 0.3 is 18.3 Å². The number of aliphatic hydroxyl groups is 1. The Morgan fingerprint density at radius 3 is 2.23 bits per heavy atom. The van der Waals surface area contributed by atoms with Gasteiger partial charge in [0.25, 0.3) is 0 Å². The number of hydrogen-bond donors (Lipinski definition) is 3. The molecular weight excluding hydrogens is 794 g/mol. The molecule has 10 nitrogen and oxygen atoms in total. The van der Waals surface area contributed by atoms with Gasteiger partial charge < -0.3 is 24.5 Å². The summed E-state index contributed by atoms with van der Waals surface area (Å²) in [6, 6.07) is 8.09. The molecule has 1 amide bonds. The fraction of sp³-hybridized carbons (Fsp3) is 0.316. The highest BCUT2D eigenvalue weighted by molar-refractivity contribution is 6.38. The number of aliphatic carboxylic acids is 1. The lowest BCUT2D eigenvalue weighted by atomic mass is 9.97. The Morgan fingerprint density at radius 1 is 1.02 bits per heavy atom. The van der Waals surface area contributed by atoms with Crippen molar-refractivity contribution in [2.75, 3.05) is 18.4 Å². The van der Waals surface area contributed by atoms with E-state index < -0.39 is 58.5 Å². The van der Waals surface area contributed by atoms with Gasteiger partial charge in [-0.3, -0.25) is 14.5 Å². The third-order valence-electron chi connectivity index (χ3n) is 9.42. The summed E-state index contributed by atoms with van der Waals surface area (Å²) in [4.78, 5) is 41.4. The Balaban J connectivity index is 0.000000811. The molecule has 4 heterocycles. The van der Waals surface area contributed by atoms with Crippen LogP contribution >= 0.6 is 11.6 Å². The summed E-state index contributed by atoms with van der Waals surface area (Å²) >= 11 is 6.62. The fourth-order valence-electron chi connectivity index (χ4n) is 6.70. The monoisotopic (exact) mass is 827 g/mol. The van der Waals surface area contributed by atoms with E-state index in [1.165, 1.54) is 39.4 Å². The van der Waals surface area contributed by atoms with Crippen molar-refractivity contribution in [1.82, 2.24) is 18.9 Å². The molecule has 5 aromatic rings. The lowest BCUT2D eigenvalue weighted by Gasteiger charge is -2.33. The Hall–Kier alpha value is -5.33. The first-order valence-electron chi connectivity index (χ1n) is 17.0. The number of carboxylic acid groups (broad SMARTS) is 1. The van der Waals surface area contributed by atoms with Crippen molar-refractivity contribution in [3.63, 3.8) is 0 Å². The summed E-state index contributed by atoms with van der Waals surface area (Å²) in [6.45, 7) is 6.17. The molecular formula is C38H34ClF8N5O5. The zero-order valence-corrected chi connectivity index (χ0v) is 31.2. The quantitative estimate of drug-likeness (QED) is 0.0815. The van der Waals surface area contributed by atoms with Crippen LogP contribution < -0.4 is 5.32 Å². The summed E-state index contributed by atoms with van der Waals surface area (Å²) in [7, 11) is 1.58. The predicted octanol–water partition coefficient (Wildman–Crippen LogP) is 8.35. The Kier molecular flexibility index (Phi) is 11.9. The minimum atomic E-state index is -5.08. The van der Waals surface area contributed by atoms with E-state index >= 15 is 8.78 Å². The standard InChI is InChI=1S/C36H33ClF5N5O3.C2HF3O2/c1-19-43-33-27(45(19)4)18-22(36(40,41)42)30(31(33)37)21-8-5-15-47-25(21)11-12-26(47)34(49)20-16-23(38)32(24(39)17-20)44-29(48)10-7-14-46-13-6-9-28(46)35(2,3)50;3-2(4,5)1(6)7/h5,7-8,10-12,15-18,28,50H,6,9,13-14H2,1-4H3,(H,44,48);(H,6,7)/b10-7+;. The highest BCUT2D eigenvalue weighted by Crippen LogP contribution is 2.46. The van der Waals surface area contributed by atoms with Crippen molar-refractivity contribution in [2.45, 2.75) is 57.6 Å². The van der Waals surface area contributed by atoms with Crippen LogP contribution in [0.25, 0.3) is 27.7 Å². The zero-order valence-electron chi connectivity index (χ0n) is 30.5. The van der Waals surface area contributed by atoms with E-state index in [4.69, 9.17) is 21.5 Å². The Labute approximate surface area is 324 Å². The normalized spacial score (nSPS) is 15.4. The van der Waals surface area contributed by atoms with Gasteiger partial charge in [0.05, 0.1) is 32.9 Å². The number of hydrogen-bond acceptors (Lipinski definition) is 6. The average Bonchev–Trinajstić information content (AvgIpc) is 3.83. The second kappa shape index (κ2) is 15.9. The molecule has 0 bridgehead atoms. The molecule has 3 aromatic heterocycles. The summed E-state index contributed by atoms with van der Waals surface area (Å²) in [6.07, 6.45) is -4.05. The molecule has 0 aliphatic carbocycles. The number of ketones is 1. The van der Waals surface area contributed by atoms with Crippen LogP contribution in [0.4, 0.5) is 40.8 Å². The molecule has 1 unspecified atom stereocenters. The van der Waals surface area contributed by atoms with Crippen molar-refractivity contribution in [2.24, 2.45) is 7.05 Å². The van der Waals surface area contributed by atoms with Gasteiger partial charge in [-0.25, -0.2) is 18.6 Å². The number of fused-ring (bicyclic) bond motifs is 2. The predicted molar refractivity (Wildman–Crippen MR) is 194 cm³/mol. The van der Waals surface area contributed by atoms with Crippen LogP contribution in [0.1, 0.15) is 54.1 Å². The molecule has 1 atom stereocenters. The maximum atomic E-state index is 15.2. The molecule has 3 N–H and O–H groups in total. The van der Waals surface area contributed by atoms with Gasteiger partial charge in [-0.1, -0.05) is 23.7 Å². The molecule has 6 rings (SSSR count). The molecule has 0 saturated carbocycles. The lowest BCUT2D eigenvalue weighted by molar-refractivity contribution is -0.192. The van der Waals surface area contributed by atoms with Gasteiger partial charge in [-0.2, -0.15) is 26.3 Å². The molecule has 304 valence electrons. The smallest absolute Gasteiger partial charge is 0.475 e. The summed E-state index contributed by atoms with van der Waals surface area (Å²) < 4.78 is 108. The van der Waals surface area contributed by atoms with E-state index in [-0.39, 0.29) is 50.0 Å². The number of alkyl halides is 6. The first-order valence-corrected chi connectivity index (χ1v) is 17.4. The third kappa shape index (κ3) is 8.97. The number of carbonyl (C=O) groups excluding carboxylic acids is 2.